The summed E-state index contributed by atoms with van der Waals surface area (Å²) < 4.78 is 12.9. The Morgan fingerprint density at radius 2 is 2.03 bits per heavy atom. The monoisotopic (exact) mass is 429 g/mol. The molecule has 1 aliphatic carbocycles. The number of ketones is 1. The number of allylic oxidation sites excluding steroid dienone is 2. The van der Waals surface area contributed by atoms with Crippen molar-refractivity contribution in [2.45, 2.75) is 44.8 Å². The minimum atomic E-state index is -1.49. The maximum absolute atomic E-state index is 13.1. The number of carbonyl (C=O) groups is 3. The lowest BCUT2D eigenvalue weighted by Crippen LogP contribution is -2.55. The molecule has 0 unspecified atom stereocenters. The van der Waals surface area contributed by atoms with Crippen LogP contribution in [0.25, 0.3) is 12.2 Å². The van der Waals surface area contributed by atoms with Gasteiger partial charge in [0.05, 0.1) is 12.1 Å². The van der Waals surface area contributed by atoms with Gasteiger partial charge in [-0.15, -0.1) is 0 Å². The quantitative estimate of drug-likeness (QED) is 0.656. The van der Waals surface area contributed by atoms with Gasteiger partial charge in [-0.25, -0.2) is 4.39 Å². The summed E-state index contributed by atoms with van der Waals surface area (Å²) in [6.45, 7) is 2.13. The highest BCUT2D eigenvalue weighted by Gasteiger charge is 2.51. The fraction of sp³-hybridized carbons (Fsp3) is 0.409. The number of Topliss-reactive ketones (excluding diaryl/α,β-unsaturated/α-hetero) is 1. The molecular weight excluding hydrogens is 405 g/mol. The highest BCUT2D eigenvalue weighted by Crippen LogP contribution is 2.35. The number of carboxylic acid groups (broad SMARTS) is 1. The Hall–Kier alpha value is -3.36. The molecule has 9 heteroatoms. The van der Waals surface area contributed by atoms with Crippen molar-refractivity contribution in [1.82, 2.24) is 10.3 Å². The highest BCUT2D eigenvalue weighted by atomic mass is 19.1. The van der Waals surface area contributed by atoms with E-state index >= 15 is 0 Å². The molecule has 1 amide bonds. The van der Waals surface area contributed by atoms with E-state index in [1.54, 1.807) is 20.0 Å². The number of nitrogens with one attached hydrogen (secondary N) is 1. The molecule has 0 fully saturated rings. The number of halogens is 1. The van der Waals surface area contributed by atoms with Crippen LogP contribution in [0.1, 0.15) is 49.9 Å². The zero-order valence-electron chi connectivity index (χ0n) is 17.3. The van der Waals surface area contributed by atoms with Gasteiger partial charge >= 0.3 is 5.97 Å². The van der Waals surface area contributed by atoms with E-state index in [1.807, 2.05) is 30.4 Å². The smallest absolute Gasteiger partial charge is 0.305 e. The lowest BCUT2D eigenvalue weighted by molar-refractivity contribution is -0.152. The van der Waals surface area contributed by atoms with E-state index in [4.69, 9.17) is 9.94 Å². The van der Waals surface area contributed by atoms with Crippen LogP contribution < -0.4 is 5.32 Å². The minimum Gasteiger partial charge on any atom is -0.481 e. The van der Waals surface area contributed by atoms with Gasteiger partial charge in [0.15, 0.2) is 5.78 Å². The molecule has 0 bridgehead atoms. The molecular formula is C22H24FN3O5. The second kappa shape index (κ2) is 9.20. The molecule has 1 aliphatic heterocycles. The molecule has 2 atom stereocenters. The molecule has 3 rings (SSSR count). The van der Waals surface area contributed by atoms with Gasteiger partial charge in [0, 0.05) is 24.1 Å². The first-order valence-corrected chi connectivity index (χ1v) is 9.97. The molecule has 1 aromatic rings. The van der Waals surface area contributed by atoms with Gasteiger partial charge in [-0.2, -0.15) is 0 Å². The first kappa shape index (κ1) is 22.3. The average molecular weight is 429 g/mol. The van der Waals surface area contributed by atoms with Gasteiger partial charge < -0.3 is 15.3 Å². The van der Waals surface area contributed by atoms with E-state index in [2.05, 4.69) is 15.5 Å². The number of carboxylic acids is 1. The Labute approximate surface area is 178 Å². The number of amides is 1. The SMILES string of the molecule is CC(C)[C@@]1(C(=O)N[C@H](CC(=O)O)C(=O)CF)CC(c2nccc3c2C=CCC=C3)=NO1. The molecule has 0 aromatic carbocycles. The summed E-state index contributed by atoms with van der Waals surface area (Å²) in [5.74, 6) is -3.43. The van der Waals surface area contributed by atoms with Gasteiger partial charge in [0.1, 0.15) is 18.4 Å². The fourth-order valence-corrected chi connectivity index (χ4v) is 3.56. The lowest BCUT2D eigenvalue weighted by Gasteiger charge is -2.30. The van der Waals surface area contributed by atoms with Crippen LogP contribution in [0.4, 0.5) is 4.39 Å². The minimum absolute atomic E-state index is 0.0706. The number of aromatic nitrogens is 1. The third-order valence-electron chi connectivity index (χ3n) is 5.42. The predicted octanol–water partition coefficient (Wildman–Crippen LogP) is 2.53. The largest absolute Gasteiger partial charge is 0.481 e. The van der Waals surface area contributed by atoms with Crippen molar-refractivity contribution in [1.29, 1.82) is 0 Å². The van der Waals surface area contributed by atoms with Crippen LogP contribution in [-0.2, 0) is 19.2 Å². The van der Waals surface area contributed by atoms with Crippen LogP contribution in [0.15, 0.2) is 29.6 Å². The van der Waals surface area contributed by atoms with Crippen molar-refractivity contribution in [3.63, 3.8) is 0 Å². The molecule has 2 aliphatic rings. The number of carbonyl (C=O) groups excluding carboxylic acids is 2. The van der Waals surface area contributed by atoms with Crippen LogP contribution in [-0.4, -0.2) is 51.8 Å². The summed E-state index contributed by atoms with van der Waals surface area (Å²) in [5.41, 5.74) is 1.39. The third-order valence-corrected chi connectivity index (χ3v) is 5.42. The highest BCUT2D eigenvalue weighted by molar-refractivity contribution is 6.07. The van der Waals surface area contributed by atoms with E-state index in [0.717, 1.165) is 17.5 Å². The number of pyridine rings is 1. The van der Waals surface area contributed by atoms with Gasteiger partial charge in [-0.1, -0.05) is 43.3 Å². The number of hydrogen-bond donors (Lipinski definition) is 2. The van der Waals surface area contributed by atoms with E-state index in [-0.39, 0.29) is 12.3 Å². The summed E-state index contributed by atoms with van der Waals surface area (Å²) in [5, 5.41) is 15.5. The lowest BCUT2D eigenvalue weighted by atomic mass is 9.83. The molecule has 164 valence electrons. The van der Waals surface area contributed by atoms with Crippen molar-refractivity contribution >= 4 is 35.5 Å². The summed E-state index contributed by atoms with van der Waals surface area (Å²) in [6, 6.07) is 0.389. The number of nitrogens with zero attached hydrogens (tertiary/aromatic N) is 2. The number of hydrogen-bond acceptors (Lipinski definition) is 6. The molecule has 0 radical (unpaired) electrons. The zero-order valence-corrected chi connectivity index (χ0v) is 17.3. The van der Waals surface area contributed by atoms with E-state index in [0.29, 0.717) is 11.4 Å². The van der Waals surface area contributed by atoms with Crippen LogP contribution in [0.2, 0.25) is 0 Å². The van der Waals surface area contributed by atoms with Crippen molar-refractivity contribution in [2.24, 2.45) is 11.1 Å². The molecule has 0 saturated carbocycles. The first-order chi connectivity index (χ1) is 14.8. The maximum Gasteiger partial charge on any atom is 0.305 e. The van der Waals surface area contributed by atoms with E-state index < -0.39 is 42.4 Å². The van der Waals surface area contributed by atoms with Crippen LogP contribution >= 0.6 is 0 Å². The topological polar surface area (TPSA) is 118 Å². The van der Waals surface area contributed by atoms with Crippen molar-refractivity contribution in [3.05, 3.63) is 41.2 Å². The summed E-state index contributed by atoms with van der Waals surface area (Å²) in [7, 11) is 0. The Morgan fingerprint density at radius 1 is 1.29 bits per heavy atom. The zero-order chi connectivity index (χ0) is 22.6. The molecule has 2 N–H and O–H groups in total. The van der Waals surface area contributed by atoms with E-state index in [1.165, 1.54) is 0 Å². The Bertz CT molecular complexity index is 985. The van der Waals surface area contributed by atoms with Crippen LogP contribution in [0, 0.1) is 5.92 Å². The molecule has 31 heavy (non-hydrogen) atoms. The summed E-state index contributed by atoms with van der Waals surface area (Å²) >= 11 is 0. The second-order valence-electron chi connectivity index (χ2n) is 7.78. The standard InChI is InChI=1S/C22H24FN3O5/c1-13(2)22(21(30)25-16(10-19(28)29)18(27)12-23)11-17(26-31-22)20-15-7-5-3-4-6-14(15)8-9-24-20/h4-9,13,16H,3,10-12H2,1-2H3,(H,25,30)(H,28,29)/t16-,22-/m1/s1. The Kier molecular flexibility index (Phi) is 6.62. The van der Waals surface area contributed by atoms with Crippen LogP contribution in [0.5, 0.6) is 0 Å². The molecule has 0 spiro atoms. The summed E-state index contributed by atoms with van der Waals surface area (Å²) in [4.78, 5) is 46.0. The fourth-order valence-electron chi connectivity index (χ4n) is 3.56. The number of aliphatic carboxylic acids is 1. The van der Waals surface area contributed by atoms with Crippen molar-refractivity contribution in [3.8, 4) is 0 Å². The van der Waals surface area contributed by atoms with Gasteiger partial charge in [0.25, 0.3) is 5.91 Å². The van der Waals surface area contributed by atoms with Gasteiger partial charge in [0.2, 0.25) is 5.60 Å². The van der Waals surface area contributed by atoms with Gasteiger partial charge in [-0.3, -0.25) is 19.4 Å². The van der Waals surface area contributed by atoms with Crippen molar-refractivity contribution < 1.29 is 28.7 Å². The maximum atomic E-state index is 13.1. The third kappa shape index (κ3) is 4.55. The van der Waals surface area contributed by atoms with Crippen LogP contribution in [0.3, 0.4) is 0 Å². The average Bonchev–Trinajstić information content (AvgIpc) is 3.05. The molecule has 1 aromatic heterocycles. The Balaban J connectivity index is 1.88. The second-order valence-corrected chi connectivity index (χ2v) is 7.78. The van der Waals surface area contributed by atoms with Crippen molar-refractivity contribution in [2.75, 3.05) is 6.67 Å². The number of rotatable bonds is 8. The predicted molar refractivity (Wildman–Crippen MR) is 112 cm³/mol. The molecule has 8 nitrogen and oxygen atoms in total. The molecule has 0 saturated heterocycles. The number of alkyl halides is 1. The van der Waals surface area contributed by atoms with E-state index in [9.17, 15) is 18.8 Å². The first-order valence-electron chi connectivity index (χ1n) is 9.97. The summed E-state index contributed by atoms with van der Waals surface area (Å²) in [6.07, 6.45) is 9.72. The number of oxime groups is 1. The normalized spacial score (nSPS) is 20.5. The Morgan fingerprint density at radius 3 is 2.71 bits per heavy atom. The van der Waals surface area contributed by atoms with Gasteiger partial charge in [-0.05, 0) is 18.1 Å². The molecule has 2 heterocycles. The number of fused-ring (bicyclic) bond motifs is 1.